The monoisotopic (exact) mass is 240 g/mol. The summed E-state index contributed by atoms with van der Waals surface area (Å²) in [7, 11) is -3.52. The number of rotatable bonds is 3. The quantitative estimate of drug-likeness (QED) is 0.854. The smallest absolute Gasteiger partial charge is 0.206 e. The van der Waals surface area contributed by atoms with Gasteiger partial charge in [0.25, 0.3) is 0 Å². The molecule has 4 nitrogen and oxygen atoms in total. The van der Waals surface area contributed by atoms with Gasteiger partial charge in [-0.15, -0.1) is 0 Å². The molecule has 1 aliphatic heterocycles. The number of aliphatic hydroxyl groups is 1. The van der Waals surface area contributed by atoms with E-state index in [0.717, 1.165) is 0 Å². The van der Waals surface area contributed by atoms with Crippen molar-refractivity contribution in [1.82, 2.24) is 0 Å². The van der Waals surface area contributed by atoms with Crippen molar-refractivity contribution in [2.24, 2.45) is 5.92 Å². The molecule has 86 valence electrons. The van der Waals surface area contributed by atoms with E-state index < -0.39 is 15.8 Å². The third-order valence-electron chi connectivity index (χ3n) is 2.48. The maximum absolute atomic E-state index is 12.1. The summed E-state index contributed by atoms with van der Waals surface area (Å²) >= 11 is 0. The fourth-order valence-corrected chi connectivity index (χ4v) is 3.15. The average molecular weight is 240 g/mol. The molecule has 0 radical (unpaired) electrons. The Kier molecular flexibility index (Phi) is 2.98. The first kappa shape index (κ1) is 11.2. The summed E-state index contributed by atoms with van der Waals surface area (Å²) in [5, 5.41) is 9.06. The lowest BCUT2D eigenvalue weighted by atomic mass is 10.2. The number of ether oxygens (including phenoxy) is 1. The molecule has 0 amide bonds. The SMILES string of the molecule is O=S(=O)(C1=COCC1CO)c1ccccc1. The van der Waals surface area contributed by atoms with Crippen LogP contribution in [0.2, 0.25) is 0 Å². The van der Waals surface area contributed by atoms with Crippen LogP contribution in [-0.4, -0.2) is 26.7 Å². The lowest BCUT2D eigenvalue weighted by Gasteiger charge is -2.09. The van der Waals surface area contributed by atoms with Crippen LogP contribution in [0.4, 0.5) is 0 Å². The van der Waals surface area contributed by atoms with Crippen molar-refractivity contribution in [1.29, 1.82) is 0 Å². The molecule has 1 aliphatic rings. The van der Waals surface area contributed by atoms with E-state index in [1.165, 1.54) is 18.4 Å². The van der Waals surface area contributed by atoms with Gasteiger partial charge in [0.05, 0.1) is 35.2 Å². The summed E-state index contributed by atoms with van der Waals surface area (Å²) in [5.41, 5.74) is 0. The summed E-state index contributed by atoms with van der Waals surface area (Å²) in [4.78, 5) is 0.381. The van der Waals surface area contributed by atoms with Gasteiger partial charge in [0, 0.05) is 0 Å². The summed E-state index contributed by atoms with van der Waals surface area (Å²) in [6.45, 7) is -0.00417. The van der Waals surface area contributed by atoms with Gasteiger partial charge in [-0.25, -0.2) is 8.42 Å². The first-order chi connectivity index (χ1) is 7.66. The highest BCUT2D eigenvalue weighted by Crippen LogP contribution is 2.29. The molecular formula is C11H12O4S. The molecule has 0 fully saturated rings. The summed E-state index contributed by atoms with van der Waals surface area (Å²) in [6, 6.07) is 8.14. The molecule has 5 heteroatoms. The number of aliphatic hydroxyl groups excluding tert-OH is 1. The van der Waals surface area contributed by atoms with Gasteiger partial charge in [-0.1, -0.05) is 18.2 Å². The van der Waals surface area contributed by atoms with E-state index in [2.05, 4.69) is 0 Å². The Morgan fingerprint density at radius 2 is 2.00 bits per heavy atom. The second kappa shape index (κ2) is 4.27. The van der Waals surface area contributed by atoms with Crippen LogP contribution in [0.25, 0.3) is 0 Å². The molecule has 0 aliphatic carbocycles. The lowest BCUT2D eigenvalue weighted by Crippen LogP contribution is -2.16. The van der Waals surface area contributed by atoms with E-state index in [0.29, 0.717) is 0 Å². The van der Waals surface area contributed by atoms with Crippen LogP contribution in [0, 0.1) is 5.92 Å². The maximum atomic E-state index is 12.1. The molecule has 1 aromatic rings. The highest BCUT2D eigenvalue weighted by Gasteiger charge is 2.32. The molecule has 1 atom stereocenters. The molecule has 0 bridgehead atoms. The van der Waals surface area contributed by atoms with Crippen molar-refractivity contribution < 1.29 is 18.3 Å². The van der Waals surface area contributed by atoms with Gasteiger partial charge in [0.1, 0.15) is 0 Å². The third kappa shape index (κ3) is 1.83. The molecule has 2 rings (SSSR count). The minimum atomic E-state index is -3.52. The van der Waals surface area contributed by atoms with Crippen molar-refractivity contribution in [3.63, 3.8) is 0 Å². The van der Waals surface area contributed by atoms with Crippen LogP contribution in [0.1, 0.15) is 0 Å². The largest absolute Gasteiger partial charge is 0.499 e. The summed E-state index contributed by atoms with van der Waals surface area (Å²) in [6.07, 6.45) is 1.23. The Balaban J connectivity index is 2.41. The Morgan fingerprint density at radius 1 is 1.31 bits per heavy atom. The molecule has 1 N–H and O–H groups in total. The highest BCUT2D eigenvalue weighted by atomic mass is 32.2. The molecule has 0 aromatic heterocycles. The molecule has 0 saturated heterocycles. The minimum Gasteiger partial charge on any atom is -0.499 e. The van der Waals surface area contributed by atoms with Crippen LogP contribution in [0.5, 0.6) is 0 Å². The second-order valence-corrected chi connectivity index (χ2v) is 5.50. The first-order valence-electron chi connectivity index (χ1n) is 4.89. The zero-order valence-corrected chi connectivity index (χ0v) is 9.35. The maximum Gasteiger partial charge on any atom is 0.206 e. The Hall–Kier alpha value is -1.33. The lowest BCUT2D eigenvalue weighted by molar-refractivity contribution is 0.186. The fraction of sp³-hybridized carbons (Fsp3) is 0.273. The van der Waals surface area contributed by atoms with Crippen LogP contribution in [0.15, 0.2) is 46.4 Å². The number of hydrogen-bond acceptors (Lipinski definition) is 4. The van der Waals surface area contributed by atoms with Crippen molar-refractivity contribution >= 4 is 9.84 Å². The Morgan fingerprint density at radius 3 is 2.62 bits per heavy atom. The number of sulfone groups is 1. The minimum absolute atomic E-state index is 0.154. The Bertz CT molecular complexity index is 490. The van der Waals surface area contributed by atoms with E-state index in [1.54, 1.807) is 18.2 Å². The van der Waals surface area contributed by atoms with Gasteiger partial charge in [-0.05, 0) is 12.1 Å². The van der Waals surface area contributed by atoms with Crippen LogP contribution >= 0.6 is 0 Å². The summed E-state index contributed by atoms with van der Waals surface area (Å²) in [5.74, 6) is -0.454. The van der Waals surface area contributed by atoms with Crippen LogP contribution in [-0.2, 0) is 14.6 Å². The third-order valence-corrected chi connectivity index (χ3v) is 4.43. The van der Waals surface area contributed by atoms with Gasteiger partial charge in [-0.2, -0.15) is 0 Å². The van der Waals surface area contributed by atoms with Gasteiger partial charge in [0.15, 0.2) is 0 Å². The molecule has 16 heavy (non-hydrogen) atoms. The van der Waals surface area contributed by atoms with E-state index >= 15 is 0 Å². The van der Waals surface area contributed by atoms with Crippen molar-refractivity contribution in [2.45, 2.75) is 4.90 Å². The molecular weight excluding hydrogens is 228 g/mol. The molecule has 1 unspecified atom stereocenters. The molecule has 1 heterocycles. The van der Waals surface area contributed by atoms with Gasteiger partial charge < -0.3 is 9.84 Å². The molecule has 0 saturated carbocycles. The van der Waals surface area contributed by atoms with Gasteiger partial charge >= 0.3 is 0 Å². The molecule has 0 spiro atoms. The van der Waals surface area contributed by atoms with E-state index in [1.807, 2.05) is 0 Å². The molecule has 1 aromatic carbocycles. The highest BCUT2D eigenvalue weighted by molar-refractivity contribution is 7.95. The van der Waals surface area contributed by atoms with E-state index in [-0.39, 0.29) is 23.0 Å². The second-order valence-electron chi connectivity index (χ2n) is 3.55. The topological polar surface area (TPSA) is 63.6 Å². The van der Waals surface area contributed by atoms with Crippen molar-refractivity contribution in [3.8, 4) is 0 Å². The predicted octanol–water partition coefficient (Wildman–Crippen LogP) is 0.940. The fourth-order valence-electron chi connectivity index (χ4n) is 1.59. The van der Waals surface area contributed by atoms with E-state index in [4.69, 9.17) is 9.84 Å². The van der Waals surface area contributed by atoms with Crippen LogP contribution in [0.3, 0.4) is 0 Å². The zero-order valence-electron chi connectivity index (χ0n) is 8.54. The number of hydrogen-bond donors (Lipinski definition) is 1. The average Bonchev–Trinajstić information content (AvgIpc) is 2.79. The summed E-state index contributed by atoms with van der Waals surface area (Å²) < 4.78 is 29.3. The van der Waals surface area contributed by atoms with Crippen LogP contribution < -0.4 is 0 Å². The predicted molar refractivity (Wildman–Crippen MR) is 58.2 cm³/mol. The van der Waals surface area contributed by atoms with E-state index in [9.17, 15) is 8.42 Å². The van der Waals surface area contributed by atoms with Gasteiger partial charge in [0.2, 0.25) is 9.84 Å². The normalized spacial score (nSPS) is 20.3. The standard InChI is InChI=1S/C11H12O4S/c12-6-9-7-15-8-11(9)16(13,14)10-4-2-1-3-5-10/h1-5,8-9,12H,6-7H2. The number of benzene rings is 1. The Labute approximate surface area is 94.1 Å². The van der Waals surface area contributed by atoms with Crippen molar-refractivity contribution in [3.05, 3.63) is 41.5 Å². The zero-order chi connectivity index (χ0) is 11.6. The van der Waals surface area contributed by atoms with Crippen molar-refractivity contribution in [2.75, 3.05) is 13.2 Å². The van der Waals surface area contributed by atoms with Gasteiger partial charge in [-0.3, -0.25) is 0 Å². The first-order valence-corrected chi connectivity index (χ1v) is 6.37.